The molecule has 5 heteroatoms. The van der Waals surface area contributed by atoms with Crippen molar-refractivity contribution in [2.45, 2.75) is 84.4 Å². The molecular formula is C19H36O3Si2. The molecule has 0 saturated carbocycles. The van der Waals surface area contributed by atoms with E-state index in [1.165, 1.54) is 6.92 Å². The lowest BCUT2D eigenvalue weighted by Gasteiger charge is -2.38. The highest BCUT2D eigenvalue weighted by atomic mass is 28.4. The molecule has 2 atom stereocenters. The molecule has 0 spiro atoms. The summed E-state index contributed by atoms with van der Waals surface area (Å²) in [5.41, 5.74) is 0.477. The molecule has 0 aromatic rings. The monoisotopic (exact) mass is 368 g/mol. The minimum absolute atomic E-state index is 0.145. The van der Waals surface area contributed by atoms with Gasteiger partial charge in [-0.3, -0.25) is 4.79 Å². The van der Waals surface area contributed by atoms with Crippen molar-refractivity contribution < 1.29 is 14.0 Å². The number of allylic oxidation sites excluding steroid dienone is 2. The van der Waals surface area contributed by atoms with E-state index < -0.39 is 16.4 Å². The van der Waals surface area contributed by atoms with E-state index in [0.29, 0.717) is 17.9 Å². The molecule has 0 aromatic carbocycles. The third-order valence-corrected chi connectivity index (χ3v) is 12.3. The first-order valence-electron chi connectivity index (χ1n) is 8.92. The highest BCUT2D eigenvalue weighted by Crippen LogP contribution is 2.42. The van der Waals surface area contributed by atoms with Crippen molar-refractivity contribution >= 4 is 22.4 Å². The van der Waals surface area contributed by atoms with Gasteiger partial charge in [0.1, 0.15) is 5.76 Å². The standard InChI is InChI=1S/C19H36O3Si2/c1-14-11-16(21-15(2)20)12-17(13-18(14)23(6,7)8)22-24(9,10)19(3,4)5/h11,13-14,18H,12H2,1-10H3/t14-,18-/m0/s1. The van der Waals surface area contributed by atoms with Crippen LogP contribution in [0.4, 0.5) is 0 Å². The van der Waals surface area contributed by atoms with Gasteiger partial charge in [-0.25, -0.2) is 0 Å². The molecule has 3 nitrogen and oxygen atoms in total. The third kappa shape index (κ3) is 5.62. The Labute approximate surface area is 150 Å². The molecule has 0 aliphatic heterocycles. The van der Waals surface area contributed by atoms with E-state index in [1.54, 1.807) is 0 Å². The Morgan fingerprint density at radius 3 is 2.04 bits per heavy atom. The molecule has 0 saturated heterocycles. The molecule has 1 aliphatic rings. The SMILES string of the molecule is CC(=O)OC1=C[C@H](C)[C@@H]([Si](C)(C)C)C=C(O[Si](C)(C)C(C)(C)C)C1. The van der Waals surface area contributed by atoms with Gasteiger partial charge in [-0.15, -0.1) is 0 Å². The molecular weight excluding hydrogens is 332 g/mol. The Balaban J connectivity index is 3.24. The van der Waals surface area contributed by atoms with Gasteiger partial charge in [0.25, 0.3) is 0 Å². The maximum absolute atomic E-state index is 11.5. The first kappa shape index (κ1) is 21.2. The van der Waals surface area contributed by atoms with Crippen LogP contribution in [0.15, 0.2) is 23.7 Å². The van der Waals surface area contributed by atoms with Crippen molar-refractivity contribution in [1.82, 2.24) is 0 Å². The van der Waals surface area contributed by atoms with Gasteiger partial charge in [-0.05, 0) is 41.7 Å². The summed E-state index contributed by atoms with van der Waals surface area (Å²) in [6, 6.07) is 0. The van der Waals surface area contributed by atoms with Crippen LogP contribution in [0.2, 0.25) is 43.3 Å². The van der Waals surface area contributed by atoms with Crippen molar-refractivity contribution in [2.75, 3.05) is 0 Å². The van der Waals surface area contributed by atoms with Crippen molar-refractivity contribution in [3.8, 4) is 0 Å². The quantitative estimate of drug-likeness (QED) is 0.445. The first-order valence-corrected chi connectivity index (χ1v) is 15.4. The summed E-state index contributed by atoms with van der Waals surface area (Å²) in [6.45, 7) is 22.1. The third-order valence-electron chi connectivity index (χ3n) is 5.20. The highest BCUT2D eigenvalue weighted by molar-refractivity contribution is 6.78. The summed E-state index contributed by atoms with van der Waals surface area (Å²) in [5, 5.41) is 0.145. The van der Waals surface area contributed by atoms with E-state index in [0.717, 1.165) is 11.5 Å². The molecule has 0 heterocycles. The maximum atomic E-state index is 11.5. The van der Waals surface area contributed by atoms with Crippen LogP contribution in [0, 0.1) is 5.92 Å². The average Bonchev–Trinajstić information content (AvgIpc) is 2.44. The fraction of sp³-hybridized carbons (Fsp3) is 0.737. The fourth-order valence-corrected chi connectivity index (χ4v) is 6.34. The summed E-state index contributed by atoms with van der Waals surface area (Å²) >= 11 is 0. The Kier molecular flexibility index (Phi) is 6.37. The van der Waals surface area contributed by atoms with Crippen molar-refractivity contribution in [2.24, 2.45) is 5.92 Å². The van der Waals surface area contributed by atoms with Gasteiger partial charge in [0.2, 0.25) is 8.32 Å². The average molecular weight is 369 g/mol. The second-order valence-electron chi connectivity index (χ2n) is 9.65. The zero-order valence-corrected chi connectivity index (χ0v) is 19.2. The molecule has 0 fully saturated rings. The van der Waals surface area contributed by atoms with Crippen LogP contribution in [0.3, 0.4) is 0 Å². The molecule has 0 unspecified atom stereocenters. The summed E-state index contributed by atoms with van der Waals surface area (Å²) in [5.74, 6) is 1.82. The Bertz CT molecular complexity index is 534. The zero-order valence-electron chi connectivity index (χ0n) is 17.2. The van der Waals surface area contributed by atoms with Gasteiger partial charge >= 0.3 is 5.97 Å². The van der Waals surface area contributed by atoms with Crippen LogP contribution in [-0.4, -0.2) is 22.4 Å². The number of hydrogen-bond donors (Lipinski definition) is 0. The van der Waals surface area contributed by atoms with E-state index in [1.807, 2.05) is 0 Å². The van der Waals surface area contributed by atoms with E-state index in [9.17, 15) is 4.79 Å². The molecule has 24 heavy (non-hydrogen) atoms. The maximum Gasteiger partial charge on any atom is 0.307 e. The van der Waals surface area contributed by atoms with Crippen LogP contribution < -0.4 is 0 Å². The van der Waals surface area contributed by atoms with Crippen molar-refractivity contribution in [3.05, 3.63) is 23.7 Å². The van der Waals surface area contributed by atoms with Crippen LogP contribution in [0.1, 0.15) is 41.0 Å². The molecule has 1 aliphatic carbocycles. The second-order valence-corrected chi connectivity index (χ2v) is 19.8. The topological polar surface area (TPSA) is 35.5 Å². The lowest BCUT2D eigenvalue weighted by atomic mass is 10.1. The van der Waals surface area contributed by atoms with Crippen LogP contribution >= 0.6 is 0 Å². The fourth-order valence-electron chi connectivity index (χ4n) is 2.88. The number of carbonyl (C=O) groups is 1. The first-order chi connectivity index (χ1) is 10.6. The minimum Gasteiger partial charge on any atom is -0.546 e. The van der Waals surface area contributed by atoms with Crippen molar-refractivity contribution in [3.63, 3.8) is 0 Å². The second kappa shape index (κ2) is 7.20. The number of ether oxygens (including phenoxy) is 1. The lowest BCUT2D eigenvalue weighted by Crippen LogP contribution is -2.40. The minimum atomic E-state index is -1.92. The lowest BCUT2D eigenvalue weighted by molar-refractivity contribution is -0.137. The Hall–Kier alpha value is -0.816. The molecule has 0 N–H and O–H groups in total. The number of rotatable bonds is 4. The van der Waals surface area contributed by atoms with Crippen LogP contribution in [-0.2, 0) is 14.0 Å². The predicted molar refractivity (Wildman–Crippen MR) is 107 cm³/mol. The largest absolute Gasteiger partial charge is 0.546 e. The van der Waals surface area contributed by atoms with Crippen LogP contribution in [0.25, 0.3) is 0 Å². The molecule has 138 valence electrons. The summed E-state index contributed by atoms with van der Waals surface area (Å²) in [6.07, 6.45) is 5.05. The van der Waals surface area contributed by atoms with Gasteiger partial charge in [-0.1, -0.05) is 47.3 Å². The summed E-state index contributed by atoms with van der Waals surface area (Å²) < 4.78 is 12.1. The molecule has 0 bridgehead atoms. The van der Waals surface area contributed by atoms with Gasteiger partial charge < -0.3 is 9.16 Å². The van der Waals surface area contributed by atoms with E-state index >= 15 is 0 Å². The van der Waals surface area contributed by atoms with E-state index in [2.05, 4.69) is 72.6 Å². The Morgan fingerprint density at radius 1 is 1.08 bits per heavy atom. The van der Waals surface area contributed by atoms with E-state index in [4.69, 9.17) is 9.16 Å². The summed E-state index contributed by atoms with van der Waals surface area (Å²) in [7, 11) is -3.33. The normalized spacial score (nSPS) is 23.1. The molecule has 0 radical (unpaired) electrons. The smallest absolute Gasteiger partial charge is 0.307 e. The van der Waals surface area contributed by atoms with Crippen molar-refractivity contribution in [1.29, 1.82) is 0 Å². The van der Waals surface area contributed by atoms with E-state index in [-0.39, 0.29) is 11.0 Å². The molecule has 0 amide bonds. The number of esters is 1. The van der Waals surface area contributed by atoms with Gasteiger partial charge in [-0.2, -0.15) is 0 Å². The predicted octanol–water partition coefficient (Wildman–Crippen LogP) is 6.09. The molecule has 1 rings (SSSR count). The van der Waals surface area contributed by atoms with Gasteiger partial charge in [0.05, 0.1) is 20.3 Å². The Morgan fingerprint density at radius 2 is 1.62 bits per heavy atom. The number of carbonyl (C=O) groups excluding carboxylic acids is 1. The van der Waals surface area contributed by atoms with Crippen LogP contribution in [0.5, 0.6) is 0 Å². The highest BCUT2D eigenvalue weighted by Gasteiger charge is 2.40. The molecule has 0 aromatic heterocycles. The van der Waals surface area contributed by atoms with Gasteiger partial charge in [0, 0.05) is 6.92 Å². The zero-order chi connectivity index (χ0) is 18.9. The van der Waals surface area contributed by atoms with Gasteiger partial charge in [0.15, 0.2) is 0 Å². The number of hydrogen-bond acceptors (Lipinski definition) is 3. The summed E-state index contributed by atoms with van der Waals surface area (Å²) in [4.78, 5) is 11.5.